The highest BCUT2D eigenvalue weighted by Crippen LogP contribution is 2.34. The van der Waals surface area contributed by atoms with E-state index in [1.165, 1.54) is 22.9 Å². The molecule has 0 fully saturated rings. The summed E-state index contributed by atoms with van der Waals surface area (Å²) >= 11 is 2.96. The number of amides is 1. The zero-order chi connectivity index (χ0) is 22.3. The molecule has 0 radical (unpaired) electrons. The van der Waals surface area contributed by atoms with Crippen LogP contribution in [-0.2, 0) is 30.6 Å². The Hall–Kier alpha value is -2.51. The summed E-state index contributed by atoms with van der Waals surface area (Å²) in [6.07, 6.45) is 2.34. The van der Waals surface area contributed by atoms with E-state index < -0.39 is 0 Å². The maximum atomic E-state index is 13.2. The van der Waals surface area contributed by atoms with E-state index in [-0.39, 0.29) is 17.2 Å². The van der Waals surface area contributed by atoms with Gasteiger partial charge in [-0.1, -0.05) is 79.3 Å². The smallest absolute Gasteiger partial charge is 0.268 e. The van der Waals surface area contributed by atoms with Crippen LogP contribution in [0.3, 0.4) is 0 Å². The number of carbonyl (C=O) groups excluding carboxylic acids is 1. The molecule has 1 aliphatic heterocycles. The van der Waals surface area contributed by atoms with Gasteiger partial charge in [0.25, 0.3) is 5.56 Å². The van der Waals surface area contributed by atoms with Gasteiger partial charge in [-0.25, -0.2) is 4.98 Å². The molecule has 0 spiro atoms. The molecule has 0 aliphatic carbocycles. The number of hydrogen-bond acceptors (Lipinski definition) is 5. The molecule has 1 aromatic heterocycles. The molecule has 1 amide bonds. The van der Waals surface area contributed by atoms with E-state index in [2.05, 4.69) is 36.5 Å². The lowest BCUT2D eigenvalue weighted by Crippen LogP contribution is -2.29. The number of aryl methyl sites for hydroxylation is 1. The highest BCUT2D eigenvalue weighted by molar-refractivity contribution is 8.00. The average molecular weight is 466 g/mol. The Labute approximate surface area is 197 Å². The highest BCUT2D eigenvalue weighted by Gasteiger charge is 2.26. The monoisotopic (exact) mass is 465 g/mol. The Morgan fingerprint density at radius 1 is 1.09 bits per heavy atom. The van der Waals surface area contributed by atoms with Crippen molar-refractivity contribution in [2.24, 2.45) is 0 Å². The van der Waals surface area contributed by atoms with Crippen molar-refractivity contribution in [1.29, 1.82) is 0 Å². The van der Waals surface area contributed by atoms with Crippen molar-refractivity contribution in [3.05, 3.63) is 87.8 Å². The van der Waals surface area contributed by atoms with Crippen LogP contribution in [0.4, 0.5) is 0 Å². The molecule has 2 heterocycles. The van der Waals surface area contributed by atoms with Crippen LogP contribution >= 0.6 is 23.5 Å². The summed E-state index contributed by atoms with van der Waals surface area (Å²) in [6.45, 7) is 3.26. The topological polar surface area (TPSA) is 64.0 Å². The first kappa shape index (κ1) is 22.7. The van der Waals surface area contributed by atoms with Gasteiger partial charge in [0.2, 0.25) is 5.91 Å². The van der Waals surface area contributed by atoms with Crippen LogP contribution in [0.2, 0.25) is 0 Å². The summed E-state index contributed by atoms with van der Waals surface area (Å²) in [4.78, 5) is 31.2. The van der Waals surface area contributed by atoms with Crippen molar-refractivity contribution < 1.29 is 4.79 Å². The molecular weight excluding hydrogens is 438 g/mol. The minimum atomic E-state index is -0.0435. The van der Waals surface area contributed by atoms with Crippen LogP contribution in [0.15, 0.2) is 75.5 Å². The lowest BCUT2D eigenvalue weighted by atomic mass is 10.1. The molecule has 166 valence electrons. The number of benzene rings is 2. The summed E-state index contributed by atoms with van der Waals surface area (Å²) in [5.41, 5.74) is 3.26. The molecule has 1 aliphatic rings. The SMILES string of the molecule is CC1Cc2nc(SCC(=O)NCCc3ccccc3)n(CCc3ccccc3)c(=O)c2S1. The fourth-order valence-corrected chi connectivity index (χ4v) is 5.68. The predicted octanol–water partition coefficient (Wildman–Crippen LogP) is 3.97. The maximum Gasteiger partial charge on any atom is 0.268 e. The third kappa shape index (κ3) is 5.84. The summed E-state index contributed by atoms with van der Waals surface area (Å²) < 4.78 is 1.75. The number of rotatable bonds is 9. The van der Waals surface area contributed by atoms with Crippen molar-refractivity contribution >= 4 is 29.4 Å². The number of thioether (sulfide) groups is 2. The van der Waals surface area contributed by atoms with Crippen LogP contribution in [0, 0.1) is 0 Å². The summed E-state index contributed by atoms with van der Waals surface area (Å²) in [6, 6.07) is 20.2. The van der Waals surface area contributed by atoms with Gasteiger partial charge in [0.15, 0.2) is 5.16 Å². The minimum absolute atomic E-state index is 0.0206. The van der Waals surface area contributed by atoms with Gasteiger partial charge < -0.3 is 5.32 Å². The summed E-state index contributed by atoms with van der Waals surface area (Å²) in [7, 11) is 0. The lowest BCUT2D eigenvalue weighted by Gasteiger charge is -2.14. The van der Waals surface area contributed by atoms with E-state index in [1.54, 1.807) is 16.3 Å². The fraction of sp³-hybridized carbons (Fsp3) is 0.320. The van der Waals surface area contributed by atoms with Crippen LogP contribution in [0.1, 0.15) is 23.7 Å². The number of aromatic nitrogens is 2. The Morgan fingerprint density at radius 2 is 1.75 bits per heavy atom. The van der Waals surface area contributed by atoms with E-state index in [0.29, 0.717) is 23.5 Å². The first-order valence-electron chi connectivity index (χ1n) is 10.9. The second-order valence-corrected chi connectivity index (χ2v) is 10.3. The molecule has 2 aromatic carbocycles. The first-order valence-corrected chi connectivity index (χ1v) is 12.7. The van der Waals surface area contributed by atoms with Gasteiger partial charge in [0, 0.05) is 24.8 Å². The second kappa shape index (κ2) is 10.9. The predicted molar refractivity (Wildman–Crippen MR) is 132 cm³/mol. The van der Waals surface area contributed by atoms with Crippen molar-refractivity contribution in [1.82, 2.24) is 14.9 Å². The number of hydrogen-bond donors (Lipinski definition) is 1. The van der Waals surface area contributed by atoms with Crippen molar-refractivity contribution in [3.8, 4) is 0 Å². The van der Waals surface area contributed by atoms with Gasteiger partial charge in [-0.3, -0.25) is 14.2 Å². The largest absolute Gasteiger partial charge is 0.355 e. The Morgan fingerprint density at radius 3 is 2.44 bits per heavy atom. The van der Waals surface area contributed by atoms with E-state index in [0.717, 1.165) is 29.9 Å². The summed E-state index contributed by atoms with van der Waals surface area (Å²) in [5.74, 6) is 0.201. The highest BCUT2D eigenvalue weighted by atomic mass is 32.2. The van der Waals surface area contributed by atoms with E-state index in [9.17, 15) is 9.59 Å². The van der Waals surface area contributed by atoms with Gasteiger partial charge in [0.1, 0.15) is 0 Å². The molecule has 4 rings (SSSR count). The molecule has 1 N–H and O–H groups in total. The van der Waals surface area contributed by atoms with Gasteiger partial charge in [-0.15, -0.1) is 11.8 Å². The molecule has 32 heavy (non-hydrogen) atoms. The number of fused-ring (bicyclic) bond motifs is 1. The molecule has 0 bridgehead atoms. The van der Waals surface area contributed by atoms with Gasteiger partial charge in [-0.2, -0.15) is 0 Å². The molecule has 1 atom stereocenters. The normalized spacial score (nSPS) is 14.8. The number of nitrogens with zero attached hydrogens (tertiary/aromatic N) is 2. The fourth-order valence-electron chi connectivity index (χ4n) is 3.70. The van der Waals surface area contributed by atoms with Crippen molar-refractivity contribution in [2.45, 2.75) is 48.0 Å². The zero-order valence-corrected chi connectivity index (χ0v) is 19.8. The van der Waals surface area contributed by atoms with E-state index in [1.807, 2.05) is 36.4 Å². The van der Waals surface area contributed by atoms with Crippen LogP contribution in [-0.4, -0.2) is 33.0 Å². The lowest BCUT2D eigenvalue weighted by molar-refractivity contribution is -0.118. The third-order valence-corrected chi connectivity index (χ3v) is 7.53. The van der Waals surface area contributed by atoms with E-state index >= 15 is 0 Å². The quantitative estimate of drug-likeness (QED) is 0.383. The van der Waals surface area contributed by atoms with Crippen molar-refractivity contribution in [3.63, 3.8) is 0 Å². The Kier molecular flexibility index (Phi) is 7.71. The molecular formula is C25H27N3O2S2. The van der Waals surface area contributed by atoms with Gasteiger partial charge in [0.05, 0.1) is 16.3 Å². The van der Waals surface area contributed by atoms with Crippen LogP contribution in [0.5, 0.6) is 0 Å². The zero-order valence-electron chi connectivity index (χ0n) is 18.1. The third-order valence-electron chi connectivity index (χ3n) is 5.34. The molecule has 0 saturated heterocycles. The second-order valence-electron chi connectivity index (χ2n) is 7.87. The number of nitrogens with one attached hydrogen (secondary N) is 1. The Bertz CT molecular complexity index is 1120. The maximum absolute atomic E-state index is 13.2. The molecule has 3 aromatic rings. The van der Waals surface area contributed by atoms with Crippen molar-refractivity contribution in [2.75, 3.05) is 12.3 Å². The standard InChI is InChI=1S/C25H27N3O2S2/c1-18-16-21-23(32-18)24(30)28(15-13-20-10-6-3-7-11-20)25(27-21)31-17-22(29)26-14-12-19-8-4-2-5-9-19/h2-11,18H,12-17H2,1H3,(H,26,29). The van der Waals surface area contributed by atoms with Crippen LogP contribution < -0.4 is 10.9 Å². The van der Waals surface area contributed by atoms with Gasteiger partial charge >= 0.3 is 0 Å². The molecule has 7 heteroatoms. The minimum Gasteiger partial charge on any atom is -0.355 e. The molecule has 5 nitrogen and oxygen atoms in total. The average Bonchev–Trinajstić information content (AvgIpc) is 3.19. The number of carbonyl (C=O) groups is 1. The van der Waals surface area contributed by atoms with Gasteiger partial charge in [-0.05, 0) is 24.0 Å². The Balaban J connectivity index is 1.42. The van der Waals surface area contributed by atoms with E-state index in [4.69, 9.17) is 4.98 Å². The van der Waals surface area contributed by atoms with Crippen LogP contribution in [0.25, 0.3) is 0 Å². The first-order chi connectivity index (χ1) is 15.6. The molecule has 1 unspecified atom stereocenters. The molecule has 0 saturated carbocycles. The summed E-state index contributed by atoms with van der Waals surface area (Å²) in [5, 5.41) is 3.97.